The van der Waals surface area contributed by atoms with Crippen LogP contribution in [0.15, 0.2) is 71.7 Å². The summed E-state index contributed by atoms with van der Waals surface area (Å²) in [6, 6.07) is 18.5. The molecule has 0 spiro atoms. The maximum absolute atomic E-state index is 12.8. The van der Waals surface area contributed by atoms with E-state index in [1.807, 2.05) is 49.4 Å². The third-order valence-electron chi connectivity index (χ3n) is 5.41. The molecule has 10 heteroatoms. The highest BCUT2D eigenvalue weighted by atomic mass is 16.5. The highest BCUT2D eigenvalue weighted by molar-refractivity contribution is 5.93. The number of benzene rings is 2. The smallest absolute Gasteiger partial charge is 0.266 e. The minimum absolute atomic E-state index is 0.149. The Morgan fingerprint density at radius 2 is 1.80 bits per heavy atom. The number of aromatic amines is 1. The maximum Gasteiger partial charge on any atom is 0.266 e. The van der Waals surface area contributed by atoms with Crippen LogP contribution in [0.3, 0.4) is 0 Å². The molecule has 0 aliphatic rings. The summed E-state index contributed by atoms with van der Waals surface area (Å²) in [5.74, 6) is 0.708. The number of anilines is 1. The lowest BCUT2D eigenvalue weighted by atomic mass is 10.2. The zero-order valence-corrected chi connectivity index (χ0v) is 19.4. The number of nitrogens with one attached hydrogen (secondary N) is 2. The van der Waals surface area contributed by atoms with Crippen LogP contribution in [0.5, 0.6) is 5.75 Å². The van der Waals surface area contributed by atoms with Crippen LogP contribution in [-0.2, 0) is 4.79 Å². The summed E-state index contributed by atoms with van der Waals surface area (Å²) in [6.07, 6.45) is 0.711. The number of rotatable bonds is 6. The quantitative estimate of drug-likeness (QED) is 0.394. The normalized spacial score (nSPS) is 12.0. The molecule has 3 aromatic heterocycles. The van der Waals surface area contributed by atoms with Crippen molar-refractivity contribution in [2.75, 3.05) is 5.32 Å². The number of aryl methyl sites for hydroxylation is 2. The molecular formula is C25H23N7O3. The van der Waals surface area contributed by atoms with Crippen molar-refractivity contribution in [3.8, 4) is 17.4 Å². The Labute approximate surface area is 200 Å². The van der Waals surface area contributed by atoms with Crippen LogP contribution in [0, 0.1) is 13.8 Å². The van der Waals surface area contributed by atoms with Crippen LogP contribution in [0.25, 0.3) is 22.7 Å². The van der Waals surface area contributed by atoms with E-state index in [0.29, 0.717) is 28.3 Å². The zero-order chi connectivity index (χ0) is 24.5. The molecule has 0 radical (unpaired) electrons. The maximum atomic E-state index is 12.8. The third kappa shape index (κ3) is 4.41. The molecule has 35 heavy (non-hydrogen) atoms. The van der Waals surface area contributed by atoms with E-state index >= 15 is 0 Å². The van der Waals surface area contributed by atoms with Gasteiger partial charge in [-0.15, -0.1) is 0 Å². The number of H-pyrrole nitrogens is 1. The number of nitrogens with zero attached hydrogens (tertiary/aromatic N) is 5. The summed E-state index contributed by atoms with van der Waals surface area (Å²) in [6.45, 7) is 5.43. The number of fused-ring (bicyclic) bond motifs is 1. The predicted molar refractivity (Wildman–Crippen MR) is 131 cm³/mol. The summed E-state index contributed by atoms with van der Waals surface area (Å²) in [5, 5.41) is 11.9. The molecule has 5 aromatic rings. The number of para-hydroxylation sites is 1. The lowest BCUT2D eigenvalue weighted by Gasteiger charge is -2.15. The minimum atomic E-state index is -0.765. The minimum Gasteiger partial charge on any atom is -0.481 e. The van der Waals surface area contributed by atoms with E-state index in [4.69, 9.17) is 4.74 Å². The van der Waals surface area contributed by atoms with Gasteiger partial charge in [-0.3, -0.25) is 14.6 Å². The molecule has 0 bridgehead atoms. The molecule has 176 valence electrons. The van der Waals surface area contributed by atoms with Gasteiger partial charge in [0.15, 0.2) is 11.8 Å². The number of carbonyl (C=O) groups is 1. The summed E-state index contributed by atoms with van der Waals surface area (Å²) >= 11 is 0. The van der Waals surface area contributed by atoms with Gasteiger partial charge in [-0.05, 0) is 45.0 Å². The largest absolute Gasteiger partial charge is 0.481 e. The van der Waals surface area contributed by atoms with Crippen molar-refractivity contribution in [1.82, 2.24) is 29.5 Å². The van der Waals surface area contributed by atoms with E-state index < -0.39 is 6.10 Å². The van der Waals surface area contributed by atoms with Gasteiger partial charge in [0.05, 0.1) is 17.6 Å². The number of amides is 1. The van der Waals surface area contributed by atoms with Crippen LogP contribution in [0.4, 0.5) is 5.82 Å². The first-order chi connectivity index (χ1) is 16.9. The standard InChI is InChI=1S/C25H23N7O3/c1-15-9-11-18(12-10-15)31-22-20(14-26-31)24(34)29-25(28-22)32-21(13-16(2)30-32)27-23(33)17(3)35-19-7-5-4-6-8-19/h4-14,17H,1-3H3,(H,27,33)(H,28,29,34). The molecule has 0 aliphatic carbocycles. The Morgan fingerprint density at radius 1 is 1.06 bits per heavy atom. The lowest BCUT2D eigenvalue weighted by Crippen LogP contribution is -2.31. The van der Waals surface area contributed by atoms with E-state index in [1.165, 1.54) is 10.9 Å². The molecule has 2 aromatic carbocycles. The topological polar surface area (TPSA) is 120 Å². The second-order valence-corrected chi connectivity index (χ2v) is 8.16. The number of aromatic nitrogens is 6. The highest BCUT2D eigenvalue weighted by Crippen LogP contribution is 2.19. The van der Waals surface area contributed by atoms with E-state index in [-0.39, 0.29) is 17.4 Å². The van der Waals surface area contributed by atoms with Gasteiger partial charge in [-0.1, -0.05) is 35.9 Å². The molecule has 0 fully saturated rings. The number of hydrogen-bond donors (Lipinski definition) is 2. The molecule has 1 amide bonds. The summed E-state index contributed by atoms with van der Waals surface area (Å²) in [7, 11) is 0. The molecule has 1 unspecified atom stereocenters. The van der Waals surface area contributed by atoms with Crippen molar-refractivity contribution in [2.24, 2.45) is 0 Å². The molecule has 5 rings (SSSR count). The lowest BCUT2D eigenvalue weighted by molar-refractivity contribution is -0.122. The second-order valence-electron chi connectivity index (χ2n) is 8.16. The second kappa shape index (κ2) is 8.90. The molecule has 3 heterocycles. The average molecular weight is 470 g/mol. The Morgan fingerprint density at radius 3 is 2.54 bits per heavy atom. The van der Waals surface area contributed by atoms with Gasteiger partial charge in [-0.25, -0.2) is 4.68 Å². The van der Waals surface area contributed by atoms with E-state index in [9.17, 15) is 9.59 Å². The van der Waals surface area contributed by atoms with E-state index in [2.05, 4.69) is 25.5 Å². The van der Waals surface area contributed by atoms with Gasteiger partial charge < -0.3 is 10.1 Å². The Bertz CT molecular complexity index is 1570. The van der Waals surface area contributed by atoms with Gasteiger partial charge >= 0.3 is 0 Å². The van der Waals surface area contributed by atoms with Crippen molar-refractivity contribution in [3.63, 3.8) is 0 Å². The SMILES string of the molecule is Cc1ccc(-n2ncc3c(=O)[nH]c(-n4nc(C)cc4NC(=O)C(C)Oc4ccccc4)nc32)cc1. The van der Waals surface area contributed by atoms with Crippen molar-refractivity contribution >= 4 is 22.8 Å². The molecule has 0 saturated carbocycles. The first kappa shape index (κ1) is 22.1. The molecular weight excluding hydrogens is 446 g/mol. The Balaban J connectivity index is 1.49. The molecule has 1 atom stereocenters. The van der Waals surface area contributed by atoms with Gasteiger partial charge in [0.2, 0.25) is 5.95 Å². The van der Waals surface area contributed by atoms with Crippen molar-refractivity contribution in [3.05, 3.63) is 88.5 Å². The number of carbonyl (C=O) groups excluding carboxylic acids is 1. The first-order valence-electron chi connectivity index (χ1n) is 11.0. The summed E-state index contributed by atoms with van der Waals surface area (Å²) < 4.78 is 8.69. The van der Waals surface area contributed by atoms with Crippen LogP contribution < -0.4 is 15.6 Å². The first-order valence-corrected chi connectivity index (χ1v) is 11.0. The van der Waals surface area contributed by atoms with Crippen molar-refractivity contribution in [1.29, 1.82) is 0 Å². The molecule has 2 N–H and O–H groups in total. The molecule has 0 aliphatic heterocycles. The van der Waals surface area contributed by atoms with Gasteiger partial charge in [0.1, 0.15) is 17.0 Å². The van der Waals surface area contributed by atoms with Gasteiger partial charge in [0.25, 0.3) is 11.5 Å². The highest BCUT2D eigenvalue weighted by Gasteiger charge is 2.20. The van der Waals surface area contributed by atoms with Gasteiger partial charge in [0, 0.05) is 6.07 Å². The monoisotopic (exact) mass is 469 g/mol. The fourth-order valence-electron chi connectivity index (χ4n) is 3.62. The molecule has 0 saturated heterocycles. The predicted octanol–water partition coefficient (Wildman–Crippen LogP) is 3.32. The summed E-state index contributed by atoms with van der Waals surface area (Å²) in [5.41, 5.74) is 2.52. The van der Waals surface area contributed by atoms with Crippen molar-refractivity contribution < 1.29 is 9.53 Å². The van der Waals surface area contributed by atoms with E-state index in [0.717, 1.165) is 11.3 Å². The van der Waals surface area contributed by atoms with Crippen LogP contribution in [0.2, 0.25) is 0 Å². The van der Waals surface area contributed by atoms with Crippen LogP contribution in [-0.4, -0.2) is 41.5 Å². The Hall–Kier alpha value is -4.73. The van der Waals surface area contributed by atoms with Crippen molar-refractivity contribution in [2.45, 2.75) is 26.9 Å². The van der Waals surface area contributed by atoms with E-state index in [1.54, 1.807) is 36.7 Å². The fraction of sp³-hybridized carbons (Fsp3) is 0.160. The molecule has 10 nitrogen and oxygen atoms in total. The average Bonchev–Trinajstić information content (AvgIpc) is 3.44. The number of ether oxygens (including phenoxy) is 1. The van der Waals surface area contributed by atoms with Gasteiger partial charge in [-0.2, -0.15) is 19.9 Å². The number of hydrogen-bond acceptors (Lipinski definition) is 6. The Kier molecular flexibility index (Phi) is 5.61. The van der Waals surface area contributed by atoms with Crippen LogP contribution in [0.1, 0.15) is 18.2 Å². The van der Waals surface area contributed by atoms with Crippen LogP contribution >= 0.6 is 0 Å². The zero-order valence-electron chi connectivity index (χ0n) is 19.4. The fourth-order valence-corrected chi connectivity index (χ4v) is 3.62. The third-order valence-corrected chi connectivity index (χ3v) is 5.41. The summed E-state index contributed by atoms with van der Waals surface area (Å²) in [4.78, 5) is 33.0.